The smallest absolute Gasteiger partial charge is 0.315 e. The largest absolute Gasteiger partial charge is 0.350 e. The minimum Gasteiger partial charge on any atom is -0.350 e. The van der Waals surface area contributed by atoms with Crippen LogP contribution in [0.3, 0.4) is 0 Å². The average molecular weight is 653 g/mol. The molecule has 0 aromatic heterocycles. The molecule has 5 amide bonds. The molecule has 0 aromatic carbocycles. The van der Waals surface area contributed by atoms with Gasteiger partial charge in [0.1, 0.15) is 12.1 Å². The number of Topliss-reactive ketones (excluding diaryl/α,β-unsaturated/α-hetero) is 1. The van der Waals surface area contributed by atoms with E-state index in [0.29, 0.717) is 38.9 Å². The highest BCUT2D eigenvalue weighted by atomic mass is 32.2. The highest BCUT2D eigenvalue weighted by Crippen LogP contribution is 2.65. The Morgan fingerprint density at radius 2 is 1.67 bits per heavy atom. The molecule has 2 heterocycles. The minimum atomic E-state index is -3.28. The lowest BCUT2D eigenvalue weighted by Gasteiger charge is -2.37. The van der Waals surface area contributed by atoms with Crippen molar-refractivity contribution >= 4 is 39.6 Å². The Balaban J connectivity index is 1.49. The maximum Gasteiger partial charge on any atom is 0.315 e. The highest BCUT2D eigenvalue weighted by Gasteiger charge is 2.69. The first kappa shape index (κ1) is 35.1. The first-order valence-corrected chi connectivity index (χ1v) is 18.4. The second-order valence-electron chi connectivity index (χ2n) is 13.7. The quantitative estimate of drug-likeness (QED) is 0.204. The number of nitrogens with one attached hydrogen (secondary N) is 4. The van der Waals surface area contributed by atoms with Gasteiger partial charge in [0.05, 0.1) is 11.8 Å². The first-order valence-electron chi connectivity index (χ1n) is 16.8. The van der Waals surface area contributed by atoms with Crippen molar-refractivity contribution in [3.8, 4) is 0 Å². The molecule has 5 atom stereocenters. The Kier molecular flexibility index (Phi) is 11.5. The van der Waals surface area contributed by atoms with E-state index < -0.39 is 51.8 Å². The number of fused-ring (bicyclic) bond motifs is 1. The number of carbonyl (C=O) groups excluding carboxylic acids is 5. The predicted octanol–water partition coefficient (Wildman–Crippen LogP) is 1.13. The fourth-order valence-electron chi connectivity index (χ4n) is 7.61. The predicted molar refractivity (Wildman–Crippen MR) is 168 cm³/mol. The van der Waals surface area contributed by atoms with Gasteiger partial charge in [-0.2, -0.15) is 0 Å². The van der Waals surface area contributed by atoms with Gasteiger partial charge in [-0.25, -0.2) is 17.5 Å². The van der Waals surface area contributed by atoms with Crippen molar-refractivity contribution in [2.75, 3.05) is 38.5 Å². The molecule has 4 fully saturated rings. The number of nitrogens with zero attached hydrogens (tertiary/aromatic N) is 2. The first-order chi connectivity index (χ1) is 21.3. The van der Waals surface area contributed by atoms with E-state index in [1.165, 1.54) is 4.31 Å². The maximum absolute atomic E-state index is 14.3. The normalized spacial score (nSPS) is 26.8. The fraction of sp³-hybridized carbons (Fsp3) is 0.839. The summed E-state index contributed by atoms with van der Waals surface area (Å²) < 4.78 is 25.6. The molecule has 254 valence electrons. The molecule has 13 nitrogen and oxygen atoms in total. The molecule has 0 radical (unpaired) electrons. The zero-order valence-corrected chi connectivity index (χ0v) is 28.0. The van der Waals surface area contributed by atoms with Gasteiger partial charge in [0.25, 0.3) is 5.91 Å². The van der Waals surface area contributed by atoms with Crippen molar-refractivity contribution in [3.05, 3.63) is 0 Å². The van der Waals surface area contributed by atoms with Crippen LogP contribution in [-0.4, -0.2) is 104 Å². The number of urea groups is 1. The van der Waals surface area contributed by atoms with Crippen LogP contribution in [-0.2, 0) is 29.2 Å². The summed E-state index contributed by atoms with van der Waals surface area (Å²) in [6.45, 7) is 9.21. The van der Waals surface area contributed by atoms with Crippen LogP contribution in [0.25, 0.3) is 0 Å². The lowest BCUT2D eigenvalue weighted by molar-refractivity contribution is -0.144. The third-order valence-electron chi connectivity index (χ3n) is 10.3. The summed E-state index contributed by atoms with van der Waals surface area (Å²) in [6.07, 6.45) is 6.79. The highest BCUT2D eigenvalue weighted by molar-refractivity contribution is 7.89. The Hall–Kier alpha value is -2.74. The van der Waals surface area contributed by atoms with Gasteiger partial charge in [-0.05, 0) is 55.8 Å². The van der Waals surface area contributed by atoms with Crippen molar-refractivity contribution in [2.45, 2.75) is 104 Å². The van der Waals surface area contributed by atoms with Gasteiger partial charge in [0, 0.05) is 32.7 Å². The van der Waals surface area contributed by atoms with Gasteiger partial charge >= 0.3 is 6.03 Å². The van der Waals surface area contributed by atoms with Crippen molar-refractivity contribution < 1.29 is 32.4 Å². The number of unbranched alkanes of at least 4 members (excludes halogenated alkanes) is 1. The molecule has 0 spiro atoms. The van der Waals surface area contributed by atoms with Crippen molar-refractivity contribution in [2.24, 2.45) is 23.2 Å². The number of likely N-dealkylation sites (N-methyl/N-ethyl adjacent to an activating group) is 1. The van der Waals surface area contributed by atoms with Crippen LogP contribution < -0.4 is 21.3 Å². The molecular weight excluding hydrogens is 600 g/mol. The molecule has 4 aliphatic rings. The standard InChI is InChI=1S/C31H52N6O7S/c1-5-7-14-22(26(38)28(40)32-6-2)34-27(39)25-23-21(31(23,3)4)19-37(25)29(41)24(20-12-9-8-10-13-20)35-30(42)33-15-17-36-16-11-18-45(36,43)44/h20-25H,5-19H2,1-4H3,(H,32,40)(H,34,39)(H2,33,35,42)/t21?,22?,23-,24-,25-/m0/s1. The number of likely N-dealkylation sites (tertiary alicyclic amines) is 1. The summed E-state index contributed by atoms with van der Waals surface area (Å²) in [5.74, 6) is -2.17. The second-order valence-corrected chi connectivity index (χ2v) is 15.7. The zero-order valence-electron chi connectivity index (χ0n) is 27.2. The molecule has 0 bridgehead atoms. The van der Waals surface area contributed by atoms with Crippen LogP contribution in [0.5, 0.6) is 0 Å². The van der Waals surface area contributed by atoms with E-state index in [-0.39, 0.29) is 47.9 Å². The van der Waals surface area contributed by atoms with Gasteiger partial charge in [0.2, 0.25) is 27.6 Å². The van der Waals surface area contributed by atoms with E-state index >= 15 is 0 Å². The van der Waals surface area contributed by atoms with Gasteiger partial charge in [-0.3, -0.25) is 19.2 Å². The number of piperidine rings is 1. The van der Waals surface area contributed by atoms with Crippen LogP contribution >= 0.6 is 0 Å². The second kappa shape index (κ2) is 14.8. The van der Waals surface area contributed by atoms with Crippen molar-refractivity contribution in [1.29, 1.82) is 0 Å². The number of ketones is 1. The van der Waals surface area contributed by atoms with E-state index in [0.717, 1.165) is 38.5 Å². The molecule has 0 aromatic rings. The average Bonchev–Trinajstić information content (AvgIpc) is 3.29. The van der Waals surface area contributed by atoms with Gasteiger partial charge in [-0.15, -0.1) is 0 Å². The van der Waals surface area contributed by atoms with Crippen LogP contribution in [0.15, 0.2) is 0 Å². The number of hydrogen-bond donors (Lipinski definition) is 4. The minimum absolute atomic E-state index is 0.0961. The SMILES string of the molecule is CCCCC(NC(=O)[C@@H]1[C@@H]2C(CN1C(=O)[C@@H](NC(=O)NCCN1CCCS1(=O)=O)C1CCCCC1)C2(C)C)C(=O)C(=O)NCC. The Bertz CT molecular complexity index is 1230. The molecule has 4 rings (SSSR count). The zero-order chi connectivity index (χ0) is 32.9. The maximum atomic E-state index is 14.3. The Morgan fingerprint density at radius 3 is 2.29 bits per heavy atom. The van der Waals surface area contributed by atoms with E-state index in [2.05, 4.69) is 35.1 Å². The molecule has 45 heavy (non-hydrogen) atoms. The Morgan fingerprint density at radius 1 is 0.956 bits per heavy atom. The molecule has 2 aliphatic heterocycles. The molecule has 14 heteroatoms. The molecule has 4 N–H and O–H groups in total. The molecule has 2 aliphatic carbocycles. The lowest BCUT2D eigenvalue weighted by Crippen LogP contribution is -2.60. The summed E-state index contributed by atoms with van der Waals surface area (Å²) >= 11 is 0. The summed E-state index contributed by atoms with van der Waals surface area (Å²) in [5.41, 5.74) is -0.164. The van der Waals surface area contributed by atoms with Crippen LogP contribution in [0.1, 0.15) is 85.5 Å². The van der Waals surface area contributed by atoms with E-state index in [1.54, 1.807) is 11.8 Å². The molecular formula is C31H52N6O7S. The van der Waals surface area contributed by atoms with E-state index in [1.807, 2.05) is 6.92 Å². The lowest BCUT2D eigenvalue weighted by atomic mass is 9.83. The van der Waals surface area contributed by atoms with E-state index in [9.17, 15) is 32.4 Å². The van der Waals surface area contributed by atoms with E-state index in [4.69, 9.17) is 0 Å². The fourth-order valence-corrected chi connectivity index (χ4v) is 9.14. The summed E-state index contributed by atoms with van der Waals surface area (Å²) in [6, 6.07) is -3.20. The summed E-state index contributed by atoms with van der Waals surface area (Å²) in [4.78, 5) is 68.3. The van der Waals surface area contributed by atoms with Crippen LogP contribution in [0.2, 0.25) is 0 Å². The van der Waals surface area contributed by atoms with Gasteiger partial charge < -0.3 is 26.2 Å². The van der Waals surface area contributed by atoms with Crippen LogP contribution in [0, 0.1) is 23.2 Å². The third-order valence-corrected chi connectivity index (χ3v) is 12.3. The number of rotatable bonds is 14. The topological polar surface area (TPSA) is 174 Å². The molecule has 2 saturated carbocycles. The number of carbonyl (C=O) groups is 5. The number of amides is 5. The Labute approximate surface area is 267 Å². The summed E-state index contributed by atoms with van der Waals surface area (Å²) in [7, 11) is -3.28. The third kappa shape index (κ3) is 7.98. The number of hydrogen-bond acceptors (Lipinski definition) is 7. The summed E-state index contributed by atoms with van der Waals surface area (Å²) in [5, 5.41) is 11.0. The van der Waals surface area contributed by atoms with Crippen molar-refractivity contribution in [1.82, 2.24) is 30.5 Å². The monoisotopic (exact) mass is 652 g/mol. The molecule has 2 saturated heterocycles. The van der Waals surface area contributed by atoms with Gasteiger partial charge in [-0.1, -0.05) is 52.9 Å². The van der Waals surface area contributed by atoms with Gasteiger partial charge in [0.15, 0.2) is 0 Å². The molecule has 2 unspecified atom stereocenters. The van der Waals surface area contributed by atoms with Crippen LogP contribution in [0.4, 0.5) is 4.79 Å². The van der Waals surface area contributed by atoms with Crippen molar-refractivity contribution in [3.63, 3.8) is 0 Å². The number of sulfonamides is 1.